The fourth-order valence-electron chi connectivity index (χ4n) is 0.501. The number of benzene rings is 1. The molecule has 3 heteroatoms. The molecule has 0 atom stereocenters. The van der Waals surface area contributed by atoms with E-state index in [2.05, 4.69) is 28.6 Å². The minimum absolute atomic E-state index is 0.225. The Balaban J connectivity index is 3.17. The Morgan fingerprint density at radius 3 is 2.56 bits per heavy atom. The predicted molar refractivity (Wildman–Crippen MR) is 43.1 cm³/mol. The van der Waals surface area contributed by atoms with Gasteiger partial charge < -0.3 is 5.11 Å². The molecule has 9 heavy (non-hydrogen) atoms. The summed E-state index contributed by atoms with van der Waals surface area (Å²) in [5.41, 5.74) is 0. The highest BCUT2D eigenvalue weighted by molar-refractivity contribution is 9.10. The van der Waals surface area contributed by atoms with Crippen LogP contribution >= 0.6 is 28.6 Å². The summed E-state index contributed by atoms with van der Waals surface area (Å²) >= 11 is 7.17. The van der Waals surface area contributed by atoms with E-state index in [0.29, 0.717) is 4.47 Å². The third-order valence-corrected chi connectivity index (χ3v) is 1.88. The highest BCUT2D eigenvalue weighted by Gasteiger charge is 1.94. The lowest BCUT2D eigenvalue weighted by molar-refractivity contribution is 0.470. The van der Waals surface area contributed by atoms with Gasteiger partial charge in [-0.05, 0) is 34.1 Å². The van der Waals surface area contributed by atoms with Gasteiger partial charge in [-0.25, -0.2) is 0 Å². The van der Waals surface area contributed by atoms with Crippen LogP contribution in [0.5, 0.6) is 5.75 Å². The molecule has 0 saturated heterocycles. The number of thiol groups is 1. The molecule has 0 saturated carbocycles. The molecule has 0 fully saturated rings. The summed E-state index contributed by atoms with van der Waals surface area (Å²) in [6.07, 6.45) is 0. The highest BCUT2D eigenvalue weighted by Crippen LogP contribution is 2.25. The van der Waals surface area contributed by atoms with Crippen molar-refractivity contribution in [2.75, 3.05) is 0 Å². The van der Waals surface area contributed by atoms with Crippen molar-refractivity contribution < 1.29 is 5.11 Å². The average Bonchev–Trinajstić information content (AvgIpc) is 1.80. The van der Waals surface area contributed by atoms with E-state index in [0.717, 1.165) is 4.90 Å². The standard InChI is InChI=1S/C6H5BrOS/c7-5-2-1-4(9)3-6(5)8/h1-3,8-9H. The highest BCUT2D eigenvalue weighted by atomic mass is 79.9. The van der Waals surface area contributed by atoms with Gasteiger partial charge in [0.2, 0.25) is 0 Å². The normalized spacial score (nSPS) is 9.56. The van der Waals surface area contributed by atoms with Crippen molar-refractivity contribution in [3.05, 3.63) is 22.7 Å². The first-order valence-corrected chi connectivity index (χ1v) is 3.61. The molecule has 0 bridgehead atoms. The zero-order valence-electron chi connectivity index (χ0n) is 4.50. The number of aromatic hydroxyl groups is 1. The van der Waals surface area contributed by atoms with E-state index in [1.807, 2.05) is 0 Å². The Labute approximate surface area is 67.2 Å². The minimum Gasteiger partial charge on any atom is -0.507 e. The lowest BCUT2D eigenvalue weighted by Gasteiger charge is -1.94. The molecule has 1 aromatic carbocycles. The van der Waals surface area contributed by atoms with Gasteiger partial charge in [0, 0.05) is 4.90 Å². The largest absolute Gasteiger partial charge is 0.507 e. The number of rotatable bonds is 0. The number of phenolic OH excluding ortho intramolecular Hbond substituents is 1. The van der Waals surface area contributed by atoms with Gasteiger partial charge in [-0.15, -0.1) is 12.6 Å². The van der Waals surface area contributed by atoms with Gasteiger partial charge in [-0.1, -0.05) is 0 Å². The molecular formula is C6H5BrOS. The Morgan fingerprint density at radius 1 is 1.44 bits per heavy atom. The molecular weight excluding hydrogens is 200 g/mol. The average molecular weight is 205 g/mol. The van der Waals surface area contributed by atoms with E-state index >= 15 is 0 Å². The second kappa shape index (κ2) is 2.62. The van der Waals surface area contributed by atoms with Crippen LogP contribution in [0.4, 0.5) is 0 Å². The first-order valence-electron chi connectivity index (χ1n) is 2.37. The first-order chi connectivity index (χ1) is 4.20. The van der Waals surface area contributed by atoms with Gasteiger partial charge in [0.25, 0.3) is 0 Å². The maximum Gasteiger partial charge on any atom is 0.130 e. The lowest BCUT2D eigenvalue weighted by atomic mass is 10.3. The first kappa shape index (κ1) is 6.96. The van der Waals surface area contributed by atoms with E-state index in [1.165, 1.54) is 0 Å². The van der Waals surface area contributed by atoms with E-state index < -0.39 is 0 Å². The van der Waals surface area contributed by atoms with Gasteiger partial charge >= 0.3 is 0 Å². The summed E-state index contributed by atoms with van der Waals surface area (Å²) in [6, 6.07) is 5.12. The third-order valence-electron chi connectivity index (χ3n) is 0.930. The van der Waals surface area contributed by atoms with E-state index in [9.17, 15) is 0 Å². The monoisotopic (exact) mass is 204 g/mol. The summed E-state index contributed by atoms with van der Waals surface area (Å²) in [5, 5.41) is 9.00. The summed E-state index contributed by atoms with van der Waals surface area (Å²) in [6.45, 7) is 0. The van der Waals surface area contributed by atoms with Crippen molar-refractivity contribution in [1.82, 2.24) is 0 Å². The zero-order chi connectivity index (χ0) is 6.85. The summed E-state index contributed by atoms with van der Waals surface area (Å²) in [5.74, 6) is 0.225. The second-order valence-electron chi connectivity index (χ2n) is 1.64. The van der Waals surface area contributed by atoms with Crippen LogP contribution in [0, 0.1) is 0 Å². The van der Waals surface area contributed by atoms with E-state index in [1.54, 1.807) is 18.2 Å². The number of hydrogen-bond donors (Lipinski definition) is 2. The van der Waals surface area contributed by atoms with Gasteiger partial charge in [-0.2, -0.15) is 0 Å². The summed E-state index contributed by atoms with van der Waals surface area (Å²) in [4.78, 5) is 0.760. The maximum absolute atomic E-state index is 9.00. The Morgan fingerprint density at radius 2 is 2.11 bits per heavy atom. The summed E-state index contributed by atoms with van der Waals surface area (Å²) in [7, 11) is 0. The zero-order valence-corrected chi connectivity index (χ0v) is 6.98. The molecule has 0 aliphatic carbocycles. The smallest absolute Gasteiger partial charge is 0.130 e. The molecule has 0 unspecified atom stereocenters. The van der Waals surface area contributed by atoms with Gasteiger partial charge in [0.15, 0.2) is 0 Å². The van der Waals surface area contributed by atoms with Gasteiger partial charge in [0.05, 0.1) is 4.47 Å². The quantitative estimate of drug-likeness (QED) is 0.623. The van der Waals surface area contributed by atoms with Crippen molar-refractivity contribution in [2.24, 2.45) is 0 Å². The fourth-order valence-corrected chi connectivity index (χ4v) is 0.945. The van der Waals surface area contributed by atoms with Crippen LogP contribution < -0.4 is 0 Å². The Kier molecular flexibility index (Phi) is 2.03. The van der Waals surface area contributed by atoms with Crippen LogP contribution in [0.3, 0.4) is 0 Å². The van der Waals surface area contributed by atoms with Crippen LogP contribution in [-0.4, -0.2) is 5.11 Å². The predicted octanol–water partition coefficient (Wildman–Crippen LogP) is 2.44. The molecule has 0 heterocycles. The Hall–Kier alpha value is -0.150. The van der Waals surface area contributed by atoms with Crippen LogP contribution in [0.2, 0.25) is 0 Å². The molecule has 1 N–H and O–H groups in total. The van der Waals surface area contributed by atoms with Crippen molar-refractivity contribution in [2.45, 2.75) is 4.90 Å². The number of halogens is 1. The minimum atomic E-state index is 0.225. The number of phenols is 1. The third kappa shape index (κ3) is 1.63. The molecule has 0 amide bonds. The van der Waals surface area contributed by atoms with Crippen LogP contribution in [0.25, 0.3) is 0 Å². The van der Waals surface area contributed by atoms with Crippen molar-refractivity contribution in [3.8, 4) is 5.75 Å². The topological polar surface area (TPSA) is 20.2 Å². The van der Waals surface area contributed by atoms with Gasteiger partial charge in [0.1, 0.15) is 5.75 Å². The molecule has 48 valence electrons. The molecule has 1 aromatic rings. The molecule has 0 radical (unpaired) electrons. The van der Waals surface area contributed by atoms with Crippen molar-refractivity contribution >= 4 is 28.6 Å². The summed E-state index contributed by atoms with van der Waals surface area (Å²) < 4.78 is 0.695. The maximum atomic E-state index is 9.00. The molecule has 1 rings (SSSR count). The van der Waals surface area contributed by atoms with Crippen LogP contribution in [-0.2, 0) is 0 Å². The van der Waals surface area contributed by atoms with Gasteiger partial charge in [-0.3, -0.25) is 0 Å². The molecule has 0 aliphatic rings. The second-order valence-corrected chi connectivity index (χ2v) is 3.01. The molecule has 0 aliphatic heterocycles. The van der Waals surface area contributed by atoms with Crippen molar-refractivity contribution in [1.29, 1.82) is 0 Å². The Bertz CT molecular complexity index is 224. The molecule has 1 nitrogen and oxygen atoms in total. The van der Waals surface area contributed by atoms with E-state index in [4.69, 9.17) is 5.11 Å². The molecule has 0 aromatic heterocycles. The van der Waals surface area contributed by atoms with Crippen molar-refractivity contribution in [3.63, 3.8) is 0 Å². The SMILES string of the molecule is Oc1cc(S)ccc1Br. The lowest BCUT2D eigenvalue weighted by Crippen LogP contribution is -1.67. The fraction of sp³-hybridized carbons (Fsp3) is 0. The van der Waals surface area contributed by atoms with E-state index in [-0.39, 0.29) is 5.75 Å². The number of hydrogen-bond acceptors (Lipinski definition) is 2. The molecule has 0 spiro atoms. The van der Waals surface area contributed by atoms with Crippen LogP contribution in [0.15, 0.2) is 27.6 Å². The van der Waals surface area contributed by atoms with Crippen LogP contribution in [0.1, 0.15) is 0 Å².